The van der Waals surface area contributed by atoms with Gasteiger partial charge in [0.05, 0.1) is 0 Å². The smallest absolute Gasteiger partial charge is 0.339 e. The molecule has 104 valence electrons. The van der Waals surface area contributed by atoms with Gasteiger partial charge < -0.3 is 10.4 Å². The third-order valence-corrected chi connectivity index (χ3v) is 4.45. The van der Waals surface area contributed by atoms with E-state index in [0.717, 1.165) is 17.9 Å². The van der Waals surface area contributed by atoms with Gasteiger partial charge in [0, 0.05) is 12.2 Å². The predicted molar refractivity (Wildman–Crippen MR) is 75.5 cm³/mol. The molecule has 1 saturated carbocycles. The van der Waals surface area contributed by atoms with E-state index in [2.05, 4.69) is 24.1 Å². The Morgan fingerprint density at radius 3 is 2.84 bits per heavy atom. The third-order valence-electron chi connectivity index (χ3n) is 4.45. The van der Waals surface area contributed by atoms with Crippen LogP contribution in [-0.2, 0) is 0 Å². The minimum atomic E-state index is -0.911. The first kappa shape index (κ1) is 13.8. The summed E-state index contributed by atoms with van der Waals surface area (Å²) in [6.45, 7) is 6.27. The summed E-state index contributed by atoms with van der Waals surface area (Å²) in [6.07, 6.45) is 5.16. The monoisotopic (exact) mass is 262 g/mol. The van der Waals surface area contributed by atoms with E-state index >= 15 is 0 Å². The van der Waals surface area contributed by atoms with Crippen LogP contribution in [-0.4, -0.2) is 22.1 Å². The second-order valence-corrected chi connectivity index (χ2v) is 5.51. The molecule has 2 rings (SSSR count). The summed E-state index contributed by atoms with van der Waals surface area (Å²) in [7, 11) is 0. The van der Waals surface area contributed by atoms with Crippen molar-refractivity contribution in [3.8, 4) is 0 Å². The van der Waals surface area contributed by atoms with Crippen LogP contribution in [0.25, 0.3) is 0 Å². The number of rotatable bonds is 4. The lowest BCUT2D eigenvalue weighted by Gasteiger charge is -2.22. The van der Waals surface area contributed by atoms with E-state index in [4.69, 9.17) is 0 Å². The zero-order chi connectivity index (χ0) is 14.0. The normalized spacial score (nSPS) is 26.4. The van der Waals surface area contributed by atoms with Crippen LogP contribution in [0.2, 0.25) is 0 Å². The highest BCUT2D eigenvalue weighted by Crippen LogP contribution is 2.36. The van der Waals surface area contributed by atoms with Crippen LogP contribution in [0.3, 0.4) is 0 Å². The zero-order valence-electron chi connectivity index (χ0n) is 11.8. The summed E-state index contributed by atoms with van der Waals surface area (Å²) >= 11 is 0. The molecule has 3 unspecified atom stereocenters. The molecule has 0 aliphatic heterocycles. The largest absolute Gasteiger partial charge is 0.478 e. The fourth-order valence-electron chi connectivity index (χ4n) is 3.14. The van der Waals surface area contributed by atoms with Gasteiger partial charge in [0.2, 0.25) is 0 Å². The quantitative estimate of drug-likeness (QED) is 0.873. The number of carbonyl (C=O) groups is 1. The Hall–Kier alpha value is -1.58. The molecule has 1 aliphatic rings. The Kier molecular flexibility index (Phi) is 4.08. The molecule has 1 fully saturated rings. The molecule has 1 aromatic rings. The van der Waals surface area contributed by atoms with E-state index in [1.54, 1.807) is 12.3 Å². The molecule has 1 aliphatic carbocycles. The van der Waals surface area contributed by atoms with Crippen LogP contribution >= 0.6 is 0 Å². The number of hydrogen-bond acceptors (Lipinski definition) is 3. The minimum Gasteiger partial charge on any atom is -0.478 e. The molecule has 1 aromatic heterocycles. The van der Waals surface area contributed by atoms with E-state index < -0.39 is 5.97 Å². The van der Waals surface area contributed by atoms with Crippen LogP contribution in [0.4, 0.5) is 5.82 Å². The van der Waals surface area contributed by atoms with Crippen LogP contribution in [0.1, 0.15) is 49.0 Å². The number of carboxylic acid groups (broad SMARTS) is 1. The first-order valence-electron chi connectivity index (χ1n) is 7.00. The van der Waals surface area contributed by atoms with Gasteiger partial charge in [-0.05, 0) is 43.2 Å². The lowest BCUT2D eigenvalue weighted by molar-refractivity contribution is 0.0696. The molecule has 4 heteroatoms. The van der Waals surface area contributed by atoms with E-state index in [9.17, 15) is 9.90 Å². The molecule has 4 nitrogen and oxygen atoms in total. The van der Waals surface area contributed by atoms with Crippen molar-refractivity contribution in [2.45, 2.75) is 46.1 Å². The number of aromatic nitrogens is 1. The topological polar surface area (TPSA) is 62.2 Å². The molecule has 3 atom stereocenters. The number of aromatic carboxylic acids is 1. The first-order chi connectivity index (χ1) is 9.04. The SMILES string of the molecule is CCC1CCC(Nc2nccc(C)c2C(=O)O)C1C. The number of pyridine rings is 1. The van der Waals surface area contributed by atoms with Crippen molar-refractivity contribution in [3.63, 3.8) is 0 Å². The minimum absolute atomic E-state index is 0.301. The fraction of sp³-hybridized carbons (Fsp3) is 0.600. The summed E-state index contributed by atoms with van der Waals surface area (Å²) in [6, 6.07) is 2.07. The van der Waals surface area contributed by atoms with Crippen molar-refractivity contribution in [1.82, 2.24) is 4.98 Å². The van der Waals surface area contributed by atoms with Gasteiger partial charge in [0.1, 0.15) is 11.4 Å². The Labute approximate surface area is 114 Å². The summed E-state index contributed by atoms with van der Waals surface area (Å²) < 4.78 is 0. The van der Waals surface area contributed by atoms with E-state index in [1.165, 1.54) is 12.8 Å². The molecule has 0 saturated heterocycles. The number of nitrogens with zero attached hydrogens (tertiary/aromatic N) is 1. The first-order valence-corrected chi connectivity index (χ1v) is 7.00. The van der Waals surface area contributed by atoms with Crippen molar-refractivity contribution in [1.29, 1.82) is 0 Å². The molecule has 0 spiro atoms. The van der Waals surface area contributed by atoms with Gasteiger partial charge in [-0.1, -0.05) is 20.3 Å². The molecule has 0 aromatic carbocycles. The van der Waals surface area contributed by atoms with Crippen molar-refractivity contribution >= 4 is 11.8 Å². The van der Waals surface area contributed by atoms with Crippen molar-refractivity contribution in [2.24, 2.45) is 11.8 Å². The molecule has 2 N–H and O–H groups in total. The number of nitrogens with one attached hydrogen (secondary N) is 1. The van der Waals surface area contributed by atoms with Crippen LogP contribution in [0, 0.1) is 18.8 Å². The second-order valence-electron chi connectivity index (χ2n) is 5.51. The maximum Gasteiger partial charge on any atom is 0.339 e. The van der Waals surface area contributed by atoms with Crippen molar-refractivity contribution in [2.75, 3.05) is 5.32 Å². The van der Waals surface area contributed by atoms with E-state index in [1.807, 2.05) is 6.92 Å². The standard InChI is InChI=1S/C15H22N2O2/c1-4-11-5-6-12(10(11)3)17-14-13(15(18)19)9(2)7-8-16-14/h7-8,10-12H,4-6H2,1-3H3,(H,16,17)(H,18,19). The summed E-state index contributed by atoms with van der Waals surface area (Å²) in [5.41, 5.74) is 1.05. The van der Waals surface area contributed by atoms with Gasteiger partial charge in [-0.15, -0.1) is 0 Å². The summed E-state index contributed by atoms with van der Waals surface area (Å²) in [4.78, 5) is 15.6. The molecule has 0 radical (unpaired) electrons. The average Bonchev–Trinajstić information content (AvgIpc) is 2.70. The lowest BCUT2D eigenvalue weighted by atomic mass is 9.93. The van der Waals surface area contributed by atoms with Gasteiger partial charge in [0.25, 0.3) is 0 Å². The number of carboxylic acids is 1. The number of anilines is 1. The average molecular weight is 262 g/mol. The van der Waals surface area contributed by atoms with Gasteiger partial charge in [0.15, 0.2) is 0 Å². The Morgan fingerprint density at radius 1 is 1.53 bits per heavy atom. The maximum absolute atomic E-state index is 11.3. The highest BCUT2D eigenvalue weighted by Gasteiger charge is 2.32. The number of aryl methyl sites for hydroxylation is 1. The Balaban J connectivity index is 2.20. The maximum atomic E-state index is 11.3. The third kappa shape index (κ3) is 2.72. The molecule has 1 heterocycles. The molecule has 0 bridgehead atoms. The Bertz CT molecular complexity index is 473. The summed E-state index contributed by atoms with van der Waals surface area (Å²) in [5.74, 6) is 0.899. The molecule has 19 heavy (non-hydrogen) atoms. The molecular formula is C15H22N2O2. The van der Waals surface area contributed by atoms with E-state index in [-0.39, 0.29) is 0 Å². The van der Waals surface area contributed by atoms with Crippen molar-refractivity contribution in [3.05, 3.63) is 23.4 Å². The summed E-state index contributed by atoms with van der Waals surface area (Å²) in [5, 5.41) is 12.7. The highest BCUT2D eigenvalue weighted by molar-refractivity contribution is 5.94. The zero-order valence-corrected chi connectivity index (χ0v) is 11.8. The lowest BCUT2D eigenvalue weighted by Crippen LogP contribution is -2.26. The van der Waals surface area contributed by atoms with Gasteiger partial charge in [-0.25, -0.2) is 9.78 Å². The van der Waals surface area contributed by atoms with Crippen LogP contribution < -0.4 is 5.32 Å². The van der Waals surface area contributed by atoms with Gasteiger partial charge >= 0.3 is 5.97 Å². The molecular weight excluding hydrogens is 240 g/mol. The number of hydrogen-bond donors (Lipinski definition) is 2. The predicted octanol–water partition coefficient (Wildman–Crippen LogP) is 3.32. The second kappa shape index (κ2) is 5.59. The van der Waals surface area contributed by atoms with Crippen LogP contribution in [0.15, 0.2) is 12.3 Å². The molecule has 0 amide bonds. The van der Waals surface area contributed by atoms with Gasteiger partial charge in [-0.2, -0.15) is 0 Å². The fourth-order valence-corrected chi connectivity index (χ4v) is 3.14. The van der Waals surface area contributed by atoms with Crippen LogP contribution in [0.5, 0.6) is 0 Å². The van der Waals surface area contributed by atoms with Gasteiger partial charge in [-0.3, -0.25) is 0 Å². The highest BCUT2D eigenvalue weighted by atomic mass is 16.4. The van der Waals surface area contributed by atoms with E-state index in [0.29, 0.717) is 23.3 Å². The van der Waals surface area contributed by atoms with Crippen molar-refractivity contribution < 1.29 is 9.90 Å². The Morgan fingerprint density at radius 2 is 2.26 bits per heavy atom.